The van der Waals surface area contributed by atoms with Gasteiger partial charge in [0, 0.05) is 18.2 Å². The highest BCUT2D eigenvalue weighted by Gasteiger charge is 2.05. The number of nitrogens with one attached hydrogen (secondary N) is 1. The molecule has 0 fully saturated rings. The first-order valence-corrected chi connectivity index (χ1v) is 5.90. The maximum Gasteiger partial charge on any atom is 0.128 e. The van der Waals surface area contributed by atoms with Crippen LogP contribution in [0.3, 0.4) is 0 Å². The van der Waals surface area contributed by atoms with Crippen molar-refractivity contribution < 1.29 is 9.47 Å². The van der Waals surface area contributed by atoms with Crippen molar-refractivity contribution in [1.29, 1.82) is 0 Å². The van der Waals surface area contributed by atoms with Gasteiger partial charge in [0.25, 0.3) is 0 Å². The second-order valence-corrected chi connectivity index (χ2v) is 3.98. The first-order valence-electron chi connectivity index (χ1n) is 5.90. The van der Waals surface area contributed by atoms with Crippen LogP contribution in [0.2, 0.25) is 0 Å². The zero-order valence-corrected chi connectivity index (χ0v) is 11.0. The molecule has 0 aliphatic heterocycles. The molecule has 0 amide bonds. The maximum atomic E-state index is 5.63. The highest BCUT2D eigenvalue weighted by Crippen LogP contribution is 2.25. The SMILES string of the molecule is COc1ccc(CNc2cccc(N)n2)c(OC)c1. The van der Waals surface area contributed by atoms with E-state index in [9.17, 15) is 0 Å². The molecule has 0 spiro atoms. The van der Waals surface area contributed by atoms with Crippen molar-refractivity contribution in [3.05, 3.63) is 42.0 Å². The summed E-state index contributed by atoms with van der Waals surface area (Å²) in [6.07, 6.45) is 0. The van der Waals surface area contributed by atoms with E-state index in [1.165, 1.54) is 0 Å². The van der Waals surface area contributed by atoms with Crippen LogP contribution in [0, 0.1) is 0 Å². The van der Waals surface area contributed by atoms with E-state index in [2.05, 4.69) is 10.3 Å². The Morgan fingerprint density at radius 1 is 1.16 bits per heavy atom. The molecule has 1 heterocycles. The Morgan fingerprint density at radius 3 is 2.68 bits per heavy atom. The van der Waals surface area contributed by atoms with E-state index in [1.54, 1.807) is 20.3 Å². The fourth-order valence-corrected chi connectivity index (χ4v) is 1.73. The van der Waals surface area contributed by atoms with Crippen molar-refractivity contribution in [2.24, 2.45) is 0 Å². The van der Waals surface area contributed by atoms with E-state index >= 15 is 0 Å². The van der Waals surface area contributed by atoms with E-state index < -0.39 is 0 Å². The molecule has 0 atom stereocenters. The summed E-state index contributed by atoms with van der Waals surface area (Å²) in [7, 11) is 3.26. The number of ether oxygens (including phenoxy) is 2. The molecule has 0 aliphatic rings. The Labute approximate surface area is 112 Å². The molecule has 2 aromatic rings. The molecule has 0 radical (unpaired) electrons. The summed E-state index contributed by atoms with van der Waals surface area (Å²) >= 11 is 0. The predicted octanol–water partition coefficient (Wildman–Crippen LogP) is 2.29. The summed E-state index contributed by atoms with van der Waals surface area (Å²) in [6, 6.07) is 11.2. The van der Waals surface area contributed by atoms with Crippen LogP contribution in [0.25, 0.3) is 0 Å². The van der Waals surface area contributed by atoms with E-state index in [0.29, 0.717) is 12.4 Å². The average Bonchev–Trinajstić information content (AvgIpc) is 2.45. The van der Waals surface area contributed by atoms with Crippen LogP contribution in [0.5, 0.6) is 11.5 Å². The number of aromatic nitrogens is 1. The third kappa shape index (κ3) is 3.28. The van der Waals surface area contributed by atoms with Crippen molar-refractivity contribution in [2.75, 3.05) is 25.3 Å². The lowest BCUT2D eigenvalue weighted by Gasteiger charge is -2.11. The second-order valence-electron chi connectivity index (χ2n) is 3.98. The summed E-state index contributed by atoms with van der Waals surface area (Å²) in [5, 5.41) is 3.20. The quantitative estimate of drug-likeness (QED) is 0.862. The van der Waals surface area contributed by atoms with Gasteiger partial charge in [-0.2, -0.15) is 0 Å². The average molecular weight is 259 g/mol. The van der Waals surface area contributed by atoms with Crippen LogP contribution >= 0.6 is 0 Å². The standard InChI is InChI=1S/C14H17N3O2/c1-18-11-7-6-10(12(8-11)19-2)9-16-14-5-3-4-13(15)17-14/h3-8H,9H2,1-2H3,(H3,15,16,17). The van der Waals surface area contributed by atoms with Gasteiger partial charge in [-0.25, -0.2) is 4.98 Å². The van der Waals surface area contributed by atoms with E-state index in [1.807, 2.05) is 30.3 Å². The number of nitrogens with zero attached hydrogens (tertiary/aromatic N) is 1. The highest BCUT2D eigenvalue weighted by molar-refractivity contribution is 5.46. The number of hydrogen-bond acceptors (Lipinski definition) is 5. The molecule has 5 heteroatoms. The first-order chi connectivity index (χ1) is 9.22. The van der Waals surface area contributed by atoms with Gasteiger partial charge >= 0.3 is 0 Å². The molecular formula is C14H17N3O2. The van der Waals surface area contributed by atoms with Crippen LogP contribution in [0.15, 0.2) is 36.4 Å². The number of hydrogen-bond donors (Lipinski definition) is 2. The fraction of sp³-hybridized carbons (Fsp3) is 0.214. The lowest BCUT2D eigenvalue weighted by molar-refractivity contribution is 0.391. The van der Waals surface area contributed by atoms with Gasteiger partial charge in [0.1, 0.15) is 23.1 Å². The topological polar surface area (TPSA) is 69.4 Å². The Morgan fingerprint density at radius 2 is 2.00 bits per heavy atom. The normalized spacial score (nSPS) is 10.0. The molecule has 3 N–H and O–H groups in total. The Balaban J connectivity index is 2.11. The lowest BCUT2D eigenvalue weighted by atomic mass is 10.2. The van der Waals surface area contributed by atoms with Crippen LogP contribution < -0.4 is 20.5 Å². The number of rotatable bonds is 5. The number of anilines is 2. The van der Waals surface area contributed by atoms with Gasteiger partial charge in [-0.05, 0) is 24.3 Å². The minimum Gasteiger partial charge on any atom is -0.497 e. The molecule has 0 unspecified atom stereocenters. The summed E-state index contributed by atoms with van der Waals surface area (Å²) in [4.78, 5) is 4.18. The van der Waals surface area contributed by atoms with Gasteiger partial charge < -0.3 is 20.5 Å². The smallest absolute Gasteiger partial charge is 0.128 e. The van der Waals surface area contributed by atoms with Crippen molar-refractivity contribution >= 4 is 11.6 Å². The van der Waals surface area contributed by atoms with Gasteiger partial charge in [0.15, 0.2) is 0 Å². The van der Waals surface area contributed by atoms with Crippen LogP contribution in [0.4, 0.5) is 11.6 Å². The minimum atomic E-state index is 0.492. The number of nitrogen functional groups attached to an aromatic ring is 1. The molecule has 0 aliphatic carbocycles. The van der Waals surface area contributed by atoms with Crippen molar-refractivity contribution in [2.45, 2.75) is 6.54 Å². The Hall–Kier alpha value is -2.43. The molecule has 1 aromatic carbocycles. The first kappa shape index (κ1) is 13.0. The molecule has 0 bridgehead atoms. The molecule has 1 aromatic heterocycles. The number of methoxy groups -OCH3 is 2. The zero-order valence-electron chi connectivity index (χ0n) is 11.0. The third-order valence-electron chi connectivity index (χ3n) is 2.72. The maximum absolute atomic E-state index is 5.63. The van der Waals surface area contributed by atoms with Crippen molar-refractivity contribution in [1.82, 2.24) is 4.98 Å². The minimum absolute atomic E-state index is 0.492. The highest BCUT2D eigenvalue weighted by atomic mass is 16.5. The second kappa shape index (κ2) is 5.95. The summed E-state index contributed by atoms with van der Waals surface area (Å²) in [6.45, 7) is 0.601. The van der Waals surface area contributed by atoms with E-state index in [0.717, 1.165) is 22.9 Å². The van der Waals surface area contributed by atoms with Crippen LogP contribution in [0.1, 0.15) is 5.56 Å². The van der Waals surface area contributed by atoms with Gasteiger partial charge in [-0.15, -0.1) is 0 Å². The van der Waals surface area contributed by atoms with Gasteiger partial charge in [-0.3, -0.25) is 0 Å². The molecular weight excluding hydrogens is 242 g/mol. The van der Waals surface area contributed by atoms with Gasteiger partial charge in [-0.1, -0.05) is 6.07 Å². The molecule has 0 saturated carbocycles. The Bertz CT molecular complexity index is 558. The predicted molar refractivity (Wildman–Crippen MR) is 75.5 cm³/mol. The molecule has 0 saturated heterocycles. The molecule has 5 nitrogen and oxygen atoms in total. The molecule has 19 heavy (non-hydrogen) atoms. The Kier molecular flexibility index (Phi) is 4.07. The van der Waals surface area contributed by atoms with Crippen LogP contribution in [-0.2, 0) is 6.54 Å². The van der Waals surface area contributed by atoms with Crippen molar-refractivity contribution in [3.8, 4) is 11.5 Å². The summed E-state index contributed by atoms with van der Waals surface area (Å²) in [5.74, 6) is 2.77. The largest absolute Gasteiger partial charge is 0.497 e. The number of nitrogens with two attached hydrogens (primary N) is 1. The molecule has 100 valence electrons. The van der Waals surface area contributed by atoms with E-state index in [-0.39, 0.29) is 0 Å². The summed E-state index contributed by atoms with van der Waals surface area (Å²) in [5.41, 5.74) is 6.65. The lowest BCUT2D eigenvalue weighted by Crippen LogP contribution is -2.04. The monoisotopic (exact) mass is 259 g/mol. The van der Waals surface area contributed by atoms with E-state index in [4.69, 9.17) is 15.2 Å². The third-order valence-corrected chi connectivity index (χ3v) is 2.72. The summed E-state index contributed by atoms with van der Waals surface area (Å²) < 4.78 is 10.5. The zero-order chi connectivity index (χ0) is 13.7. The fourth-order valence-electron chi connectivity index (χ4n) is 1.73. The van der Waals surface area contributed by atoms with Gasteiger partial charge in [0.2, 0.25) is 0 Å². The number of pyridine rings is 1. The molecule has 2 rings (SSSR count). The van der Waals surface area contributed by atoms with Crippen LogP contribution in [-0.4, -0.2) is 19.2 Å². The van der Waals surface area contributed by atoms with Gasteiger partial charge in [0.05, 0.1) is 14.2 Å². The number of benzene rings is 1. The van der Waals surface area contributed by atoms with Crippen molar-refractivity contribution in [3.63, 3.8) is 0 Å².